The van der Waals surface area contributed by atoms with Gasteiger partial charge in [-0.25, -0.2) is 0 Å². The maximum atomic E-state index is 12.2. The van der Waals surface area contributed by atoms with Crippen LogP contribution in [0.1, 0.15) is 25.0 Å². The van der Waals surface area contributed by atoms with Gasteiger partial charge >= 0.3 is 5.97 Å². The Labute approximate surface area is 121 Å². The Balaban J connectivity index is 2.84. The number of carboxylic acids is 1. The summed E-state index contributed by atoms with van der Waals surface area (Å²) in [6, 6.07) is 5.59. The topological polar surface area (TPSA) is 57.6 Å². The van der Waals surface area contributed by atoms with Gasteiger partial charge in [-0.1, -0.05) is 22.0 Å². The molecule has 0 unspecified atom stereocenters. The van der Waals surface area contributed by atoms with Gasteiger partial charge in [-0.05, 0) is 44.0 Å². The molecule has 0 fully saturated rings. The SMILES string of the molecule is Cc1cc(Br)ccc1CC(=O)N(CC(=O)O)C(C)C. The first-order valence-electron chi connectivity index (χ1n) is 6.07. The van der Waals surface area contributed by atoms with Crippen molar-refractivity contribution in [2.75, 3.05) is 6.54 Å². The molecule has 0 saturated carbocycles. The largest absolute Gasteiger partial charge is 0.480 e. The zero-order valence-corrected chi connectivity index (χ0v) is 12.9. The lowest BCUT2D eigenvalue weighted by Crippen LogP contribution is -2.41. The Kier molecular flexibility index (Phi) is 5.54. The molecule has 0 aliphatic heterocycles. The van der Waals surface area contributed by atoms with Crippen LogP contribution < -0.4 is 0 Å². The molecular formula is C14H18BrNO3. The van der Waals surface area contributed by atoms with Crippen LogP contribution in [0.3, 0.4) is 0 Å². The molecule has 0 atom stereocenters. The fourth-order valence-corrected chi connectivity index (χ4v) is 2.30. The van der Waals surface area contributed by atoms with Crippen molar-refractivity contribution in [1.29, 1.82) is 0 Å². The van der Waals surface area contributed by atoms with Gasteiger partial charge in [0.15, 0.2) is 0 Å². The van der Waals surface area contributed by atoms with Crippen LogP contribution in [0.5, 0.6) is 0 Å². The van der Waals surface area contributed by atoms with E-state index in [1.165, 1.54) is 4.90 Å². The number of amides is 1. The van der Waals surface area contributed by atoms with Gasteiger partial charge in [0, 0.05) is 10.5 Å². The molecule has 19 heavy (non-hydrogen) atoms. The first-order chi connectivity index (χ1) is 8.81. The van der Waals surface area contributed by atoms with Gasteiger partial charge in [0.1, 0.15) is 6.54 Å². The number of halogens is 1. The van der Waals surface area contributed by atoms with Gasteiger partial charge < -0.3 is 10.0 Å². The van der Waals surface area contributed by atoms with Gasteiger partial charge in [0.25, 0.3) is 0 Å². The minimum Gasteiger partial charge on any atom is -0.480 e. The number of nitrogens with zero attached hydrogens (tertiary/aromatic N) is 1. The molecule has 0 bridgehead atoms. The summed E-state index contributed by atoms with van der Waals surface area (Å²) in [6.45, 7) is 5.31. The van der Waals surface area contributed by atoms with E-state index in [0.717, 1.165) is 15.6 Å². The van der Waals surface area contributed by atoms with Crippen molar-refractivity contribution in [3.8, 4) is 0 Å². The van der Waals surface area contributed by atoms with Gasteiger partial charge in [-0.2, -0.15) is 0 Å². The monoisotopic (exact) mass is 327 g/mol. The van der Waals surface area contributed by atoms with Crippen molar-refractivity contribution in [1.82, 2.24) is 4.90 Å². The van der Waals surface area contributed by atoms with Crippen LogP contribution in [-0.4, -0.2) is 34.5 Å². The standard InChI is InChI=1S/C14H18BrNO3/c1-9(2)16(8-14(18)19)13(17)7-11-4-5-12(15)6-10(11)3/h4-6,9H,7-8H2,1-3H3,(H,18,19). The summed E-state index contributed by atoms with van der Waals surface area (Å²) in [5.74, 6) is -1.16. The Morgan fingerprint density at radius 1 is 1.37 bits per heavy atom. The number of rotatable bonds is 5. The average Bonchev–Trinajstić information content (AvgIpc) is 2.29. The summed E-state index contributed by atoms with van der Waals surface area (Å²) in [7, 11) is 0. The lowest BCUT2D eigenvalue weighted by molar-refractivity contribution is -0.145. The summed E-state index contributed by atoms with van der Waals surface area (Å²) < 4.78 is 0.965. The maximum Gasteiger partial charge on any atom is 0.323 e. The van der Waals surface area contributed by atoms with Gasteiger partial charge in [-0.3, -0.25) is 9.59 Å². The highest BCUT2D eigenvalue weighted by atomic mass is 79.9. The summed E-state index contributed by atoms with van der Waals surface area (Å²) >= 11 is 3.37. The molecular weight excluding hydrogens is 310 g/mol. The molecule has 1 aromatic carbocycles. The summed E-state index contributed by atoms with van der Waals surface area (Å²) in [5, 5.41) is 8.84. The average molecular weight is 328 g/mol. The first-order valence-corrected chi connectivity index (χ1v) is 6.87. The Morgan fingerprint density at radius 3 is 2.47 bits per heavy atom. The molecule has 0 aromatic heterocycles. The quantitative estimate of drug-likeness (QED) is 0.904. The van der Waals surface area contributed by atoms with E-state index in [-0.39, 0.29) is 24.9 Å². The lowest BCUT2D eigenvalue weighted by Gasteiger charge is -2.25. The van der Waals surface area contributed by atoms with Gasteiger partial charge in [-0.15, -0.1) is 0 Å². The van der Waals surface area contributed by atoms with E-state index in [9.17, 15) is 9.59 Å². The van der Waals surface area contributed by atoms with Gasteiger partial charge in [0.2, 0.25) is 5.91 Å². The minimum absolute atomic E-state index is 0.126. The van der Waals surface area contributed by atoms with Crippen molar-refractivity contribution in [2.45, 2.75) is 33.2 Å². The molecule has 0 heterocycles. The van der Waals surface area contributed by atoms with E-state index in [1.807, 2.05) is 39.0 Å². The lowest BCUT2D eigenvalue weighted by atomic mass is 10.0. The number of carbonyl (C=O) groups is 2. The van der Waals surface area contributed by atoms with Crippen molar-refractivity contribution < 1.29 is 14.7 Å². The Bertz CT molecular complexity index is 486. The fraction of sp³-hybridized carbons (Fsp3) is 0.429. The summed E-state index contributed by atoms with van der Waals surface area (Å²) in [4.78, 5) is 24.3. The smallest absolute Gasteiger partial charge is 0.323 e. The van der Waals surface area contributed by atoms with Gasteiger partial charge in [0.05, 0.1) is 6.42 Å². The second kappa shape index (κ2) is 6.70. The molecule has 1 N–H and O–H groups in total. The molecule has 0 aliphatic carbocycles. The number of carbonyl (C=O) groups excluding carboxylic acids is 1. The Hall–Kier alpha value is -1.36. The highest BCUT2D eigenvalue weighted by Gasteiger charge is 2.20. The third-order valence-corrected chi connectivity index (χ3v) is 3.39. The normalized spacial score (nSPS) is 10.6. The number of benzene rings is 1. The molecule has 104 valence electrons. The summed E-state index contributed by atoms with van der Waals surface area (Å²) in [6.07, 6.45) is 0.227. The van der Waals surface area contributed by atoms with Crippen LogP contribution in [-0.2, 0) is 16.0 Å². The zero-order valence-electron chi connectivity index (χ0n) is 11.3. The number of carboxylic acid groups (broad SMARTS) is 1. The minimum atomic E-state index is -0.991. The van der Waals surface area contributed by atoms with E-state index < -0.39 is 5.97 Å². The van der Waals surface area contributed by atoms with E-state index in [2.05, 4.69) is 15.9 Å². The van der Waals surface area contributed by atoms with E-state index in [1.54, 1.807) is 0 Å². The number of aryl methyl sites for hydroxylation is 1. The van der Waals surface area contributed by atoms with E-state index in [0.29, 0.717) is 0 Å². The third kappa shape index (κ3) is 4.67. The number of hydrogen-bond donors (Lipinski definition) is 1. The Morgan fingerprint density at radius 2 is 2.00 bits per heavy atom. The molecule has 1 amide bonds. The van der Waals surface area contributed by atoms with Crippen LogP contribution in [0.2, 0.25) is 0 Å². The predicted octanol–water partition coefficient (Wildman–Crippen LogP) is 2.62. The van der Waals surface area contributed by atoms with Crippen LogP contribution in [0.4, 0.5) is 0 Å². The number of hydrogen-bond acceptors (Lipinski definition) is 2. The van der Waals surface area contributed by atoms with Crippen molar-refractivity contribution >= 4 is 27.8 Å². The van der Waals surface area contributed by atoms with Crippen molar-refractivity contribution in [2.24, 2.45) is 0 Å². The van der Waals surface area contributed by atoms with Crippen molar-refractivity contribution in [3.05, 3.63) is 33.8 Å². The second-order valence-corrected chi connectivity index (χ2v) is 5.67. The van der Waals surface area contributed by atoms with E-state index >= 15 is 0 Å². The molecule has 0 aliphatic rings. The maximum absolute atomic E-state index is 12.2. The molecule has 5 heteroatoms. The van der Waals surface area contributed by atoms with Crippen molar-refractivity contribution in [3.63, 3.8) is 0 Å². The molecule has 0 spiro atoms. The highest BCUT2D eigenvalue weighted by molar-refractivity contribution is 9.10. The van der Waals surface area contributed by atoms with Crippen LogP contribution in [0.25, 0.3) is 0 Å². The zero-order chi connectivity index (χ0) is 14.6. The second-order valence-electron chi connectivity index (χ2n) is 4.76. The summed E-state index contributed by atoms with van der Waals surface area (Å²) in [5.41, 5.74) is 1.94. The fourth-order valence-electron chi connectivity index (χ4n) is 1.83. The highest BCUT2D eigenvalue weighted by Crippen LogP contribution is 2.17. The molecule has 4 nitrogen and oxygen atoms in total. The third-order valence-electron chi connectivity index (χ3n) is 2.90. The molecule has 0 saturated heterocycles. The predicted molar refractivity (Wildman–Crippen MR) is 77.1 cm³/mol. The molecule has 1 rings (SSSR count). The molecule has 1 aromatic rings. The molecule has 0 radical (unpaired) electrons. The van der Waals surface area contributed by atoms with E-state index in [4.69, 9.17) is 5.11 Å². The van der Waals surface area contributed by atoms with Crippen LogP contribution in [0, 0.1) is 6.92 Å². The first kappa shape index (κ1) is 15.7. The number of aliphatic carboxylic acids is 1. The van der Waals surface area contributed by atoms with Crippen LogP contribution >= 0.6 is 15.9 Å². The van der Waals surface area contributed by atoms with Crippen LogP contribution in [0.15, 0.2) is 22.7 Å².